The number of fused-ring (bicyclic) bond motifs is 1. The molecule has 1 saturated heterocycles. The Morgan fingerprint density at radius 1 is 1.18 bits per heavy atom. The van der Waals surface area contributed by atoms with Gasteiger partial charge in [-0.2, -0.15) is 4.99 Å². The number of carbonyl (C=O) groups excluding carboxylic acids is 3. The molecule has 0 radical (unpaired) electrons. The van der Waals surface area contributed by atoms with Crippen LogP contribution < -0.4 is 9.54 Å². The van der Waals surface area contributed by atoms with Crippen LogP contribution in [0, 0.1) is 0 Å². The molecule has 0 N–H and O–H groups in total. The Kier molecular flexibility index (Phi) is 7.90. The smallest absolute Gasteiger partial charge is 0.325 e. The quantitative estimate of drug-likeness (QED) is 0.525. The van der Waals surface area contributed by atoms with Crippen LogP contribution in [0.25, 0.3) is 10.2 Å². The summed E-state index contributed by atoms with van der Waals surface area (Å²) in [7, 11) is -1.24. The number of esters is 1. The molecule has 12 heteroatoms. The number of hydrogen-bond donors (Lipinski definition) is 0. The van der Waals surface area contributed by atoms with E-state index in [0.717, 1.165) is 30.6 Å². The molecule has 2 aromatic rings. The van der Waals surface area contributed by atoms with Crippen LogP contribution in [0.3, 0.4) is 0 Å². The Balaban J connectivity index is 1.84. The summed E-state index contributed by atoms with van der Waals surface area (Å²) in [5.74, 6) is -2.99. The van der Waals surface area contributed by atoms with Crippen LogP contribution in [-0.4, -0.2) is 74.0 Å². The molecule has 1 aromatic heterocycles. The number of ether oxygens (including phenoxy) is 2. The Hall–Kier alpha value is -2.73. The summed E-state index contributed by atoms with van der Waals surface area (Å²) in [6.45, 7) is 2.21. The molecule has 2 heterocycles. The van der Waals surface area contributed by atoms with Gasteiger partial charge in [-0.25, -0.2) is 8.42 Å². The number of sulfone groups is 1. The van der Waals surface area contributed by atoms with E-state index >= 15 is 0 Å². The summed E-state index contributed by atoms with van der Waals surface area (Å²) in [6, 6.07) is 5.12. The average Bonchev–Trinajstić information content (AvgIpc) is 3.08. The number of carbonyl (C=O) groups is 3. The van der Waals surface area contributed by atoms with E-state index in [1.54, 1.807) is 23.1 Å². The lowest BCUT2D eigenvalue weighted by molar-refractivity contribution is -0.141. The van der Waals surface area contributed by atoms with E-state index < -0.39 is 39.1 Å². The SMILES string of the molecule is COC(=O)Cn1c(=NC(=O)CS(=O)(=O)CC(=O)N2CCCCC2C)sc2cc(OC)ccc21. The van der Waals surface area contributed by atoms with E-state index in [4.69, 9.17) is 9.47 Å². The van der Waals surface area contributed by atoms with E-state index in [9.17, 15) is 22.8 Å². The predicted octanol–water partition coefficient (Wildman–Crippen LogP) is 1.13. The average molecular weight is 498 g/mol. The largest absolute Gasteiger partial charge is 0.497 e. The van der Waals surface area contributed by atoms with Gasteiger partial charge in [-0.05, 0) is 44.4 Å². The van der Waals surface area contributed by atoms with Gasteiger partial charge < -0.3 is 18.9 Å². The lowest BCUT2D eigenvalue weighted by Gasteiger charge is -2.33. The second-order valence-electron chi connectivity index (χ2n) is 7.85. The molecule has 2 amide bonds. The van der Waals surface area contributed by atoms with E-state index in [1.165, 1.54) is 18.8 Å². The maximum absolute atomic E-state index is 12.5. The van der Waals surface area contributed by atoms with Gasteiger partial charge in [0.25, 0.3) is 5.91 Å². The van der Waals surface area contributed by atoms with Crippen LogP contribution in [0.15, 0.2) is 23.2 Å². The maximum Gasteiger partial charge on any atom is 0.325 e. The fraction of sp³-hybridized carbons (Fsp3) is 0.524. The highest BCUT2D eigenvalue weighted by molar-refractivity contribution is 7.92. The van der Waals surface area contributed by atoms with Crippen molar-refractivity contribution in [1.29, 1.82) is 0 Å². The Morgan fingerprint density at radius 3 is 2.61 bits per heavy atom. The zero-order chi connectivity index (χ0) is 24.2. The van der Waals surface area contributed by atoms with Gasteiger partial charge in [0.2, 0.25) is 5.91 Å². The molecule has 0 bridgehead atoms. The molecule has 0 spiro atoms. The number of likely N-dealkylation sites (tertiary alicyclic amines) is 1. The Bertz CT molecular complexity index is 1230. The van der Waals surface area contributed by atoms with Gasteiger partial charge in [0.15, 0.2) is 14.6 Å². The van der Waals surface area contributed by atoms with Crippen molar-refractivity contribution in [2.24, 2.45) is 4.99 Å². The third kappa shape index (κ3) is 6.20. The van der Waals surface area contributed by atoms with Gasteiger partial charge in [0, 0.05) is 12.6 Å². The highest BCUT2D eigenvalue weighted by Crippen LogP contribution is 2.23. The first-order valence-corrected chi connectivity index (χ1v) is 13.1. The molecule has 1 unspecified atom stereocenters. The number of methoxy groups -OCH3 is 2. The van der Waals surface area contributed by atoms with Crippen LogP contribution in [0.4, 0.5) is 0 Å². The van der Waals surface area contributed by atoms with Crippen LogP contribution >= 0.6 is 11.3 Å². The number of aromatic nitrogens is 1. The summed E-state index contributed by atoms with van der Waals surface area (Å²) < 4.78 is 37.2. The van der Waals surface area contributed by atoms with Crippen LogP contribution in [0.5, 0.6) is 5.75 Å². The summed E-state index contributed by atoms with van der Waals surface area (Å²) in [6.07, 6.45) is 2.67. The number of thiazole rings is 1. The standard InChI is InChI=1S/C21H27N3O7S2/c1-14-6-4-5-9-23(14)19(26)13-33(28,29)12-18(25)22-21-24(11-20(27)31-3)16-8-7-15(30-2)10-17(16)32-21/h7-8,10,14H,4-6,9,11-13H2,1-3H3. The van der Waals surface area contributed by atoms with Crippen molar-refractivity contribution < 1.29 is 32.3 Å². The van der Waals surface area contributed by atoms with E-state index in [-0.39, 0.29) is 17.4 Å². The highest BCUT2D eigenvalue weighted by Gasteiger charge is 2.28. The van der Waals surface area contributed by atoms with Gasteiger partial charge in [0.1, 0.15) is 23.8 Å². The molecule has 1 aromatic carbocycles. The first-order chi connectivity index (χ1) is 15.6. The molecular weight excluding hydrogens is 470 g/mol. The number of rotatable bonds is 7. The second-order valence-corrected chi connectivity index (χ2v) is 10.9. The summed E-state index contributed by atoms with van der Waals surface area (Å²) >= 11 is 1.11. The zero-order valence-corrected chi connectivity index (χ0v) is 20.4. The van der Waals surface area contributed by atoms with Gasteiger partial charge in [-0.3, -0.25) is 14.4 Å². The van der Waals surface area contributed by atoms with Crippen molar-refractivity contribution in [3.05, 3.63) is 23.0 Å². The van der Waals surface area contributed by atoms with E-state index in [1.807, 2.05) is 6.92 Å². The Morgan fingerprint density at radius 2 is 1.94 bits per heavy atom. The van der Waals surface area contributed by atoms with E-state index in [0.29, 0.717) is 22.5 Å². The predicted molar refractivity (Wildman–Crippen MR) is 123 cm³/mol. The molecule has 1 atom stereocenters. The van der Waals surface area contributed by atoms with Gasteiger partial charge in [-0.1, -0.05) is 11.3 Å². The van der Waals surface area contributed by atoms with Crippen molar-refractivity contribution in [3.8, 4) is 5.75 Å². The third-order valence-corrected chi connectivity index (χ3v) is 7.85. The number of hydrogen-bond acceptors (Lipinski definition) is 8. The monoisotopic (exact) mass is 497 g/mol. The van der Waals surface area contributed by atoms with Crippen molar-refractivity contribution in [2.75, 3.05) is 32.3 Å². The van der Waals surface area contributed by atoms with Crippen LogP contribution in [0.2, 0.25) is 0 Å². The number of nitrogens with zero attached hydrogens (tertiary/aromatic N) is 3. The first-order valence-electron chi connectivity index (χ1n) is 10.4. The van der Waals surface area contributed by atoms with E-state index in [2.05, 4.69) is 4.99 Å². The van der Waals surface area contributed by atoms with Crippen LogP contribution in [0.1, 0.15) is 26.2 Å². The van der Waals surface area contributed by atoms with Gasteiger partial charge in [0.05, 0.1) is 24.4 Å². The molecule has 3 rings (SSSR count). The number of amides is 2. The normalized spacial score (nSPS) is 17.2. The highest BCUT2D eigenvalue weighted by atomic mass is 32.2. The maximum atomic E-state index is 12.5. The van der Waals surface area contributed by atoms with Crippen LogP contribution in [-0.2, 0) is 35.5 Å². The first kappa shape index (κ1) is 24.9. The van der Waals surface area contributed by atoms with Gasteiger partial charge in [-0.15, -0.1) is 0 Å². The molecule has 1 fully saturated rings. The fourth-order valence-electron chi connectivity index (χ4n) is 3.73. The fourth-order valence-corrected chi connectivity index (χ4v) is 5.89. The van der Waals surface area contributed by atoms with Crippen molar-refractivity contribution in [2.45, 2.75) is 38.8 Å². The lowest BCUT2D eigenvalue weighted by atomic mass is 10.0. The molecule has 0 saturated carbocycles. The minimum atomic E-state index is -4.00. The second kappa shape index (κ2) is 10.5. The lowest BCUT2D eigenvalue weighted by Crippen LogP contribution is -2.45. The molecule has 10 nitrogen and oxygen atoms in total. The zero-order valence-electron chi connectivity index (χ0n) is 18.8. The molecular formula is C21H27N3O7S2. The molecule has 1 aliphatic heterocycles. The topological polar surface area (TPSA) is 124 Å². The van der Waals surface area contributed by atoms with Crippen molar-refractivity contribution in [3.63, 3.8) is 0 Å². The number of piperidine rings is 1. The van der Waals surface area contributed by atoms with Crippen molar-refractivity contribution in [1.82, 2.24) is 9.47 Å². The molecule has 0 aliphatic carbocycles. The van der Waals surface area contributed by atoms with Crippen molar-refractivity contribution >= 4 is 49.2 Å². The third-order valence-electron chi connectivity index (χ3n) is 5.44. The minimum Gasteiger partial charge on any atom is -0.497 e. The summed E-state index contributed by atoms with van der Waals surface area (Å²) in [5.41, 5.74) is 0.620. The molecule has 1 aliphatic rings. The minimum absolute atomic E-state index is 0.0188. The Labute approximate surface area is 195 Å². The number of benzene rings is 1. The summed E-state index contributed by atoms with van der Waals surface area (Å²) in [4.78, 5) is 42.6. The van der Waals surface area contributed by atoms with Gasteiger partial charge >= 0.3 is 5.97 Å². The summed E-state index contributed by atoms with van der Waals surface area (Å²) in [5, 5.41) is 0. The molecule has 33 heavy (non-hydrogen) atoms. The molecule has 180 valence electrons.